The predicted octanol–water partition coefficient (Wildman–Crippen LogP) is 3.69. The van der Waals surface area contributed by atoms with Crippen LogP contribution >= 0.6 is 0 Å². The number of ether oxygens (including phenoxy) is 3. The van der Waals surface area contributed by atoms with Gasteiger partial charge in [0.2, 0.25) is 0 Å². The lowest BCUT2D eigenvalue weighted by molar-refractivity contribution is -0.126. The van der Waals surface area contributed by atoms with Crippen molar-refractivity contribution in [1.82, 2.24) is 0 Å². The van der Waals surface area contributed by atoms with Crippen molar-refractivity contribution in [3.63, 3.8) is 0 Å². The summed E-state index contributed by atoms with van der Waals surface area (Å²) in [4.78, 5) is 12.4. The van der Waals surface area contributed by atoms with E-state index in [1.165, 1.54) is 7.11 Å². The number of rotatable bonds is 5. The molecule has 5 nitrogen and oxygen atoms in total. The lowest BCUT2D eigenvalue weighted by atomic mass is 10.0. The molecule has 1 atom stereocenters. The van der Waals surface area contributed by atoms with Crippen molar-refractivity contribution >= 4 is 11.9 Å². The predicted molar refractivity (Wildman–Crippen MR) is 98.5 cm³/mol. The number of methoxy groups -OCH3 is 2. The van der Waals surface area contributed by atoms with Crippen LogP contribution in [0.3, 0.4) is 0 Å². The SMILES string of the molecule is COc1cccc(C2OCC(/C=C/c3ccc(O)c(OC)c3)=CC2=O)c1. The molecule has 1 unspecified atom stereocenters. The third-order valence-electron chi connectivity index (χ3n) is 4.09. The molecule has 0 bridgehead atoms. The third kappa shape index (κ3) is 3.95. The molecular weight excluding hydrogens is 332 g/mol. The molecule has 0 radical (unpaired) electrons. The highest BCUT2D eigenvalue weighted by molar-refractivity contribution is 5.96. The molecule has 1 aliphatic heterocycles. The lowest BCUT2D eigenvalue weighted by Gasteiger charge is -2.21. The number of hydrogen-bond donors (Lipinski definition) is 1. The van der Waals surface area contributed by atoms with Gasteiger partial charge in [-0.25, -0.2) is 0 Å². The molecule has 0 saturated heterocycles. The number of phenols is 1. The van der Waals surface area contributed by atoms with Crippen molar-refractivity contribution in [2.24, 2.45) is 0 Å². The van der Waals surface area contributed by atoms with Crippen LogP contribution in [0.5, 0.6) is 17.2 Å². The zero-order valence-corrected chi connectivity index (χ0v) is 14.6. The molecule has 134 valence electrons. The van der Waals surface area contributed by atoms with E-state index in [0.29, 0.717) is 18.1 Å². The van der Waals surface area contributed by atoms with Crippen LogP contribution in [0, 0.1) is 0 Å². The summed E-state index contributed by atoms with van der Waals surface area (Å²) in [6.07, 6.45) is 4.65. The highest BCUT2D eigenvalue weighted by Gasteiger charge is 2.24. The maximum absolute atomic E-state index is 12.4. The highest BCUT2D eigenvalue weighted by Crippen LogP contribution is 2.29. The van der Waals surface area contributed by atoms with Crippen LogP contribution in [0.2, 0.25) is 0 Å². The monoisotopic (exact) mass is 352 g/mol. The van der Waals surface area contributed by atoms with Crippen molar-refractivity contribution < 1.29 is 24.1 Å². The summed E-state index contributed by atoms with van der Waals surface area (Å²) in [5.41, 5.74) is 2.40. The van der Waals surface area contributed by atoms with Crippen molar-refractivity contribution in [2.45, 2.75) is 6.10 Å². The Labute approximate surface area is 152 Å². The van der Waals surface area contributed by atoms with Crippen LogP contribution in [0.1, 0.15) is 17.2 Å². The Morgan fingerprint density at radius 3 is 2.69 bits per heavy atom. The van der Waals surface area contributed by atoms with Gasteiger partial charge in [0, 0.05) is 0 Å². The summed E-state index contributed by atoms with van der Waals surface area (Å²) in [6.45, 7) is 0.333. The first-order valence-corrected chi connectivity index (χ1v) is 8.16. The standard InChI is InChI=1S/C21H20O5/c1-24-17-5-3-4-16(12-17)21-19(23)10-15(13-26-21)7-6-14-8-9-18(22)20(11-14)25-2/h3-12,21-22H,13H2,1-2H3/b7-6+. The summed E-state index contributed by atoms with van der Waals surface area (Å²) in [5, 5.41) is 9.63. The van der Waals surface area contributed by atoms with Crippen LogP contribution in [-0.4, -0.2) is 31.7 Å². The first kappa shape index (κ1) is 17.8. The summed E-state index contributed by atoms with van der Waals surface area (Å²) < 4.78 is 16.0. The molecule has 2 aromatic carbocycles. The van der Waals surface area contributed by atoms with Gasteiger partial charge in [0.25, 0.3) is 0 Å². The quantitative estimate of drug-likeness (QED) is 0.889. The molecule has 0 aromatic heterocycles. The van der Waals surface area contributed by atoms with Gasteiger partial charge in [-0.3, -0.25) is 4.79 Å². The number of hydrogen-bond acceptors (Lipinski definition) is 5. The molecule has 3 rings (SSSR count). The third-order valence-corrected chi connectivity index (χ3v) is 4.09. The first-order valence-electron chi connectivity index (χ1n) is 8.16. The molecule has 2 aromatic rings. The van der Waals surface area contributed by atoms with Gasteiger partial charge < -0.3 is 19.3 Å². The number of aromatic hydroxyl groups is 1. The summed E-state index contributed by atoms with van der Waals surface area (Å²) in [6, 6.07) is 12.4. The van der Waals surface area contributed by atoms with Crippen molar-refractivity contribution in [2.75, 3.05) is 20.8 Å². The first-order chi connectivity index (χ1) is 12.6. The second-order valence-corrected chi connectivity index (χ2v) is 5.85. The highest BCUT2D eigenvalue weighted by atomic mass is 16.5. The van der Waals surface area contributed by atoms with E-state index in [1.54, 1.807) is 37.5 Å². The summed E-state index contributed by atoms with van der Waals surface area (Å²) >= 11 is 0. The van der Waals surface area contributed by atoms with Crippen LogP contribution < -0.4 is 9.47 Å². The maximum Gasteiger partial charge on any atom is 0.189 e. The summed E-state index contributed by atoms with van der Waals surface area (Å²) in [7, 11) is 3.08. The van der Waals surface area contributed by atoms with Gasteiger partial charge in [-0.05, 0) is 47.0 Å². The molecule has 0 spiro atoms. The van der Waals surface area contributed by atoms with Crippen molar-refractivity contribution in [3.05, 3.63) is 71.3 Å². The molecule has 0 aliphatic carbocycles. The number of phenolic OH excluding ortho intramolecular Hbond substituents is 1. The minimum Gasteiger partial charge on any atom is -0.504 e. The van der Waals surface area contributed by atoms with Crippen LogP contribution in [-0.2, 0) is 9.53 Å². The van der Waals surface area contributed by atoms with Crippen molar-refractivity contribution in [1.29, 1.82) is 0 Å². The molecule has 0 fully saturated rings. The molecular formula is C21H20O5. The van der Waals surface area contributed by atoms with Gasteiger partial charge in [0.15, 0.2) is 17.3 Å². The van der Waals surface area contributed by atoms with E-state index >= 15 is 0 Å². The van der Waals surface area contributed by atoms with Gasteiger partial charge in [-0.15, -0.1) is 0 Å². The summed E-state index contributed by atoms with van der Waals surface area (Å²) in [5.74, 6) is 1.07. The van der Waals surface area contributed by atoms with Gasteiger partial charge in [0.05, 0.1) is 20.8 Å². The fourth-order valence-corrected chi connectivity index (χ4v) is 2.72. The fraction of sp³-hybridized carbons (Fsp3) is 0.190. The average Bonchev–Trinajstić information content (AvgIpc) is 2.67. The number of benzene rings is 2. The van der Waals surface area contributed by atoms with Crippen molar-refractivity contribution in [3.8, 4) is 17.2 Å². The molecule has 1 aliphatic rings. The fourth-order valence-electron chi connectivity index (χ4n) is 2.72. The maximum atomic E-state index is 12.4. The zero-order chi connectivity index (χ0) is 18.5. The lowest BCUT2D eigenvalue weighted by Crippen LogP contribution is -2.20. The van der Waals surface area contributed by atoms with Crippen LogP contribution in [0.15, 0.2) is 60.2 Å². The Morgan fingerprint density at radius 2 is 1.96 bits per heavy atom. The van der Waals surface area contributed by atoms with E-state index in [2.05, 4.69) is 0 Å². The van der Waals surface area contributed by atoms with E-state index < -0.39 is 6.10 Å². The molecule has 0 saturated carbocycles. The smallest absolute Gasteiger partial charge is 0.189 e. The van der Waals surface area contributed by atoms with E-state index in [4.69, 9.17) is 14.2 Å². The number of carbonyl (C=O) groups excluding carboxylic acids is 1. The van der Waals surface area contributed by atoms with Crippen LogP contribution in [0.25, 0.3) is 6.08 Å². The molecule has 5 heteroatoms. The minimum atomic E-state index is -0.615. The van der Waals surface area contributed by atoms with E-state index in [1.807, 2.05) is 30.4 Å². The Kier molecular flexibility index (Phi) is 5.39. The minimum absolute atomic E-state index is 0.0844. The second kappa shape index (κ2) is 7.89. The molecule has 26 heavy (non-hydrogen) atoms. The second-order valence-electron chi connectivity index (χ2n) is 5.85. The van der Waals surface area contributed by atoms with Gasteiger partial charge in [-0.2, -0.15) is 0 Å². The number of carbonyl (C=O) groups is 1. The Morgan fingerprint density at radius 1 is 1.12 bits per heavy atom. The van der Waals surface area contributed by atoms with E-state index in [0.717, 1.165) is 16.7 Å². The Hall–Kier alpha value is -3.05. The van der Waals surface area contributed by atoms with E-state index in [-0.39, 0.29) is 11.5 Å². The normalized spacial score (nSPS) is 17.2. The van der Waals surface area contributed by atoms with E-state index in [9.17, 15) is 9.90 Å². The van der Waals surface area contributed by atoms with Gasteiger partial charge >= 0.3 is 0 Å². The largest absolute Gasteiger partial charge is 0.504 e. The zero-order valence-electron chi connectivity index (χ0n) is 14.6. The number of ketones is 1. The molecule has 1 heterocycles. The topological polar surface area (TPSA) is 65.0 Å². The average molecular weight is 352 g/mol. The Bertz CT molecular complexity index is 866. The Balaban J connectivity index is 1.74. The van der Waals surface area contributed by atoms with Gasteiger partial charge in [-0.1, -0.05) is 30.4 Å². The van der Waals surface area contributed by atoms with Crippen LogP contribution in [0.4, 0.5) is 0 Å². The molecule has 0 amide bonds. The molecule has 1 N–H and O–H groups in total. The van der Waals surface area contributed by atoms with Gasteiger partial charge in [0.1, 0.15) is 11.9 Å².